The normalized spacial score (nSPS) is 14.8. The van der Waals surface area contributed by atoms with Gasteiger partial charge in [0.25, 0.3) is 0 Å². The molecular formula is C15H18N2. The summed E-state index contributed by atoms with van der Waals surface area (Å²) in [6, 6.07) is 12.9. The van der Waals surface area contributed by atoms with Gasteiger partial charge in [0.1, 0.15) is 0 Å². The van der Waals surface area contributed by atoms with E-state index in [1.165, 1.54) is 22.1 Å². The second-order valence-electron chi connectivity index (χ2n) is 5.18. The number of hydrogen-bond donors (Lipinski definition) is 2. The van der Waals surface area contributed by atoms with E-state index in [0.29, 0.717) is 12.1 Å². The van der Waals surface area contributed by atoms with Crippen LogP contribution in [-0.2, 0) is 0 Å². The van der Waals surface area contributed by atoms with Gasteiger partial charge >= 0.3 is 0 Å². The molecule has 0 atom stereocenters. The van der Waals surface area contributed by atoms with Gasteiger partial charge in [-0.15, -0.1) is 0 Å². The Morgan fingerprint density at radius 2 is 1.59 bits per heavy atom. The van der Waals surface area contributed by atoms with Crippen LogP contribution in [0.5, 0.6) is 0 Å². The maximum atomic E-state index is 3.58. The second-order valence-corrected chi connectivity index (χ2v) is 5.18. The Morgan fingerprint density at radius 3 is 2.12 bits per heavy atom. The van der Waals surface area contributed by atoms with Crippen molar-refractivity contribution in [2.24, 2.45) is 5.92 Å². The molecule has 2 N–H and O–H groups in total. The van der Waals surface area contributed by atoms with E-state index in [1.54, 1.807) is 0 Å². The van der Waals surface area contributed by atoms with E-state index in [0.717, 1.165) is 6.42 Å². The Bertz CT molecular complexity index is 505. The number of nitrogens with one attached hydrogen (secondary N) is 2. The highest BCUT2D eigenvalue weighted by Gasteiger charge is 2.18. The third kappa shape index (κ3) is 1.84. The summed E-state index contributed by atoms with van der Waals surface area (Å²) in [4.78, 5) is 0. The van der Waals surface area contributed by atoms with Gasteiger partial charge in [0.15, 0.2) is 0 Å². The van der Waals surface area contributed by atoms with Crippen LogP contribution in [-0.4, -0.2) is 6.17 Å². The van der Waals surface area contributed by atoms with Crippen LogP contribution in [0.15, 0.2) is 36.4 Å². The Labute approximate surface area is 102 Å². The third-order valence-corrected chi connectivity index (χ3v) is 3.27. The van der Waals surface area contributed by atoms with Gasteiger partial charge in [-0.05, 0) is 29.9 Å². The minimum absolute atomic E-state index is 0.343. The monoisotopic (exact) mass is 226 g/mol. The van der Waals surface area contributed by atoms with Crippen LogP contribution < -0.4 is 10.6 Å². The fourth-order valence-electron chi connectivity index (χ4n) is 2.58. The molecule has 3 rings (SSSR count). The molecule has 2 nitrogen and oxygen atoms in total. The molecule has 1 heterocycles. The lowest BCUT2D eigenvalue weighted by Gasteiger charge is -2.30. The molecule has 2 aromatic rings. The lowest BCUT2D eigenvalue weighted by atomic mass is 10.0. The second kappa shape index (κ2) is 3.95. The minimum atomic E-state index is 0.343. The van der Waals surface area contributed by atoms with Crippen molar-refractivity contribution >= 4 is 22.1 Å². The average Bonchev–Trinajstić information content (AvgIpc) is 2.28. The molecule has 0 bridgehead atoms. The van der Waals surface area contributed by atoms with E-state index in [9.17, 15) is 0 Å². The third-order valence-electron chi connectivity index (χ3n) is 3.27. The minimum Gasteiger partial charge on any atom is -0.365 e. The Morgan fingerprint density at radius 1 is 1.00 bits per heavy atom. The fourth-order valence-corrected chi connectivity index (χ4v) is 2.58. The molecule has 2 heteroatoms. The van der Waals surface area contributed by atoms with Crippen molar-refractivity contribution < 1.29 is 0 Å². The van der Waals surface area contributed by atoms with Gasteiger partial charge in [-0.3, -0.25) is 0 Å². The lowest BCUT2D eigenvalue weighted by molar-refractivity contribution is 0.545. The van der Waals surface area contributed by atoms with Gasteiger partial charge in [0.05, 0.1) is 6.17 Å². The molecule has 17 heavy (non-hydrogen) atoms. The Balaban J connectivity index is 2.05. The van der Waals surface area contributed by atoms with Crippen LogP contribution in [0.2, 0.25) is 0 Å². The summed E-state index contributed by atoms with van der Waals surface area (Å²) in [5, 5.41) is 9.77. The van der Waals surface area contributed by atoms with Crippen LogP contribution in [0.4, 0.5) is 11.4 Å². The summed E-state index contributed by atoms with van der Waals surface area (Å²) >= 11 is 0. The van der Waals surface area contributed by atoms with Crippen molar-refractivity contribution in [2.45, 2.75) is 26.4 Å². The number of hydrogen-bond acceptors (Lipinski definition) is 2. The predicted molar refractivity (Wildman–Crippen MR) is 74.4 cm³/mol. The summed E-state index contributed by atoms with van der Waals surface area (Å²) in [6.07, 6.45) is 1.47. The van der Waals surface area contributed by atoms with Gasteiger partial charge in [-0.1, -0.05) is 38.1 Å². The van der Waals surface area contributed by atoms with Gasteiger partial charge in [-0.2, -0.15) is 0 Å². The van der Waals surface area contributed by atoms with Gasteiger partial charge in [0.2, 0.25) is 0 Å². The topological polar surface area (TPSA) is 24.1 Å². The largest absolute Gasteiger partial charge is 0.365 e. The maximum absolute atomic E-state index is 3.58. The van der Waals surface area contributed by atoms with E-state index < -0.39 is 0 Å². The molecule has 0 saturated heterocycles. The summed E-state index contributed by atoms with van der Waals surface area (Å²) < 4.78 is 0. The van der Waals surface area contributed by atoms with E-state index in [-0.39, 0.29) is 0 Å². The Hall–Kier alpha value is -1.70. The van der Waals surface area contributed by atoms with Crippen LogP contribution in [0, 0.1) is 5.92 Å². The van der Waals surface area contributed by atoms with E-state index in [4.69, 9.17) is 0 Å². The highest BCUT2D eigenvalue weighted by Crippen LogP contribution is 2.35. The number of rotatable bonds is 2. The van der Waals surface area contributed by atoms with Crippen molar-refractivity contribution in [2.75, 3.05) is 10.6 Å². The van der Waals surface area contributed by atoms with Crippen LogP contribution >= 0.6 is 0 Å². The maximum Gasteiger partial charge on any atom is 0.0966 e. The smallest absolute Gasteiger partial charge is 0.0966 e. The Kier molecular flexibility index (Phi) is 2.43. The predicted octanol–water partition coefficient (Wildman–Crippen LogP) is 4.05. The van der Waals surface area contributed by atoms with Crippen LogP contribution in [0.1, 0.15) is 20.3 Å². The number of benzene rings is 2. The highest BCUT2D eigenvalue weighted by molar-refractivity contribution is 6.04. The fraction of sp³-hybridized carbons (Fsp3) is 0.333. The molecule has 88 valence electrons. The molecule has 0 aliphatic carbocycles. The molecule has 2 aromatic carbocycles. The standard InChI is InChI=1S/C15H18N2/c1-10(2)9-14-16-12-7-3-5-11-6-4-8-13(17-14)15(11)12/h3-8,10,14,16-17H,9H2,1-2H3. The van der Waals surface area contributed by atoms with Gasteiger partial charge in [-0.25, -0.2) is 0 Å². The molecule has 0 amide bonds. The van der Waals surface area contributed by atoms with Crippen molar-refractivity contribution in [3.8, 4) is 0 Å². The first kappa shape index (κ1) is 10.5. The zero-order chi connectivity index (χ0) is 11.8. The molecule has 0 aromatic heterocycles. The summed E-state index contributed by atoms with van der Waals surface area (Å²) in [5.41, 5.74) is 2.50. The van der Waals surface area contributed by atoms with Crippen molar-refractivity contribution in [1.29, 1.82) is 0 Å². The average molecular weight is 226 g/mol. The molecule has 0 unspecified atom stereocenters. The molecular weight excluding hydrogens is 208 g/mol. The molecule has 1 aliphatic rings. The molecule has 0 radical (unpaired) electrons. The molecule has 0 spiro atoms. The lowest BCUT2D eigenvalue weighted by Crippen LogP contribution is -2.32. The van der Waals surface area contributed by atoms with Crippen molar-refractivity contribution in [3.63, 3.8) is 0 Å². The van der Waals surface area contributed by atoms with Crippen LogP contribution in [0.25, 0.3) is 10.8 Å². The molecule has 1 aliphatic heterocycles. The molecule has 0 fully saturated rings. The van der Waals surface area contributed by atoms with E-state index >= 15 is 0 Å². The van der Waals surface area contributed by atoms with Gasteiger partial charge in [0, 0.05) is 16.8 Å². The van der Waals surface area contributed by atoms with E-state index in [1.807, 2.05) is 0 Å². The zero-order valence-electron chi connectivity index (χ0n) is 10.3. The number of anilines is 2. The quantitative estimate of drug-likeness (QED) is 0.807. The van der Waals surface area contributed by atoms with Crippen LogP contribution in [0.3, 0.4) is 0 Å². The summed E-state index contributed by atoms with van der Waals surface area (Å²) in [6.45, 7) is 4.51. The first-order chi connectivity index (χ1) is 8.24. The molecule has 0 saturated carbocycles. The van der Waals surface area contributed by atoms with Crippen molar-refractivity contribution in [3.05, 3.63) is 36.4 Å². The van der Waals surface area contributed by atoms with Gasteiger partial charge < -0.3 is 10.6 Å². The zero-order valence-corrected chi connectivity index (χ0v) is 10.3. The van der Waals surface area contributed by atoms with E-state index in [2.05, 4.69) is 60.9 Å². The summed E-state index contributed by atoms with van der Waals surface area (Å²) in [7, 11) is 0. The SMILES string of the molecule is CC(C)CC1Nc2cccc3cccc(c23)N1. The van der Waals surface area contributed by atoms with Crippen molar-refractivity contribution in [1.82, 2.24) is 0 Å². The summed E-state index contributed by atoms with van der Waals surface area (Å²) in [5.74, 6) is 0.685. The first-order valence-electron chi connectivity index (χ1n) is 6.29. The first-order valence-corrected chi connectivity index (χ1v) is 6.29. The highest BCUT2D eigenvalue weighted by atomic mass is 15.1.